The van der Waals surface area contributed by atoms with Crippen LogP contribution in [0.5, 0.6) is 5.75 Å². The second-order valence-electron chi connectivity index (χ2n) is 12.5. The highest BCUT2D eigenvalue weighted by Crippen LogP contribution is 2.56. The van der Waals surface area contributed by atoms with Crippen LogP contribution in [-0.4, -0.2) is 51.0 Å². The Morgan fingerprint density at radius 3 is 1.69 bits per heavy atom. The number of anilines is 1. The molecular formula is C42H40N2O2P2. The summed E-state index contributed by atoms with van der Waals surface area (Å²) in [5.41, 5.74) is 5.03. The molecule has 240 valence electrons. The lowest BCUT2D eigenvalue weighted by atomic mass is 9.91. The summed E-state index contributed by atoms with van der Waals surface area (Å²) in [6.07, 6.45) is 3.36. The van der Waals surface area contributed by atoms with E-state index in [0.29, 0.717) is 13.2 Å². The van der Waals surface area contributed by atoms with Crippen LogP contribution < -0.4 is 36.2 Å². The van der Waals surface area contributed by atoms with Crippen LogP contribution in [-0.2, 0) is 4.74 Å². The van der Waals surface area contributed by atoms with Gasteiger partial charge < -0.3 is 19.3 Å². The van der Waals surface area contributed by atoms with Crippen LogP contribution in [0.15, 0.2) is 151 Å². The molecule has 1 aliphatic carbocycles. The number of likely N-dealkylation sites (N-methyl/N-ethyl adjacent to an activating group) is 2. The first-order valence-corrected chi connectivity index (χ1v) is 19.5. The molecule has 6 heteroatoms. The fourth-order valence-corrected chi connectivity index (χ4v) is 12.5. The summed E-state index contributed by atoms with van der Waals surface area (Å²) in [7, 11) is 2.67. The van der Waals surface area contributed by atoms with Gasteiger partial charge in [0.15, 0.2) is 5.75 Å². The van der Waals surface area contributed by atoms with E-state index in [9.17, 15) is 0 Å². The molecule has 4 nitrogen and oxygen atoms in total. The van der Waals surface area contributed by atoms with Gasteiger partial charge in [-0.25, -0.2) is 0 Å². The average Bonchev–Trinajstić information content (AvgIpc) is 3.14. The van der Waals surface area contributed by atoms with E-state index in [2.05, 4.69) is 163 Å². The molecule has 1 atom stereocenters. The normalized spacial score (nSPS) is 17.4. The van der Waals surface area contributed by atoms with Gasteiger partial charge in [-0.2, -0.15) is 0 Å². The van der Waals surface area contributed by atoms with E-state index in [4.69, 9.17) is 9.47 Å². The maximum Gasteiger partial charge on any atom is 0.150 e. The molecule has 1 saturated heterocycles. The molecule has 0 bridgehead atoms. The van der Waals surface area contributed by atoms with Crippen molar-refractivity contribution in [2.24, 2.45) is 0 Å². The molecule has 8 rings (SSSR count). The minimum atomic E-state index is -0.918. The molecule has 1 fully saturated rings. The first kappa shape index (κ1) is 30.9. The third-order valence-electron chi connectivity index (χ3n) is 9.55. The molecule has 5 aromatic carbocycles. The smallest absolute Gasteiger partial charge is 0.150 e. The summed E-state index contributed by atoms with van der Waals surface area (Å²) in [6, 6.07) is 49.1. The summed E-state index contributed by atoms with van der Waals surface area (Å²) in [6.45, 7) is 3.04. The predicted molar refractivity (Wildman–Crippen MR) is 205 cm³/mol. The molecule has 0 N–H and O–H groups in total. The number of nitrogens with zero attached hydrogens (tertiary/aromatic N) is 2. The molecule has 0 radical (unpaired) electrons. The fraction of sp³-hybridized carbons (Fsp3) is 0.190. The maximum absolute atomic E-state index is 6.85. The van der Waals surface area contributed by atoms with Gasteiger partial charge in [0.1, 0.15) is 19.0 Å². The van der Waals surface area contributed by atoms with E-state index >= 15 is 0 Å². The van der Waals surface area contributed by atoms with E-state index in [0.717, 1.165) is 36.7 Å². The lowest BCUT2D eigenvalue weighted by Gasteiger charge is -2.41. The van der Waals surface area contributed by atoms with Gasteiger partial charge in [-0.05, 0) is 54.9 Å². The molecule has 2 aliphatic heterocycles. The highest BCUT2D eigenvalue weighted by molar-refractivity contribution is 7.80. The summed E-state index contributed by atoms with van der Waals surface area (Å²) in [5, 5.41) is 6.72. The third kappa shape index (κ3) is 5.72. The van der Waals surface area contributed by atoms with Crippen LogP contribution >= 0.6 is 15.8 Å². The largest absolute Gasteiger partial charge is 0.489 e. The average molecular weight is 667 g/mol. The Balaban J connectivity index is 1.45. The number of allylic oxidation sites excluding steroid dienone is 2. The quantitative estimate of drug-likeness (QED) is 0.180. The minimum absolute atomic E-state index is 0.180. The van der Waals surface area contributed by atoms with Crippen molar-refractivity contribution in [1.29, 1.82) is 0 Å². The summed E-state index contributed by atoms with van der Waals surface area (Å²) in [5.74, 6) is 2.00. The van der Waals surface area contributed by atoms with Crippen molar-refractivity contribution < 1.29 is 9.47 Å². The van der Waals surface area contributed by atoms with Gasteiger partial charge in [0.25, 0.3) is 0 Å². The van der Waals surface area contributed by atoms with E-state index in [1.807, 2.05) is 0 Å². The Kier molecular flexibility index (Phi) is 8.79. The molecule has 5 aromatic rings. The zero-order chi connectivity index (χ0) is 32.5. The first-order valence-electron chi connectivity index (χ1n) is 16.8. The van der Waals surface area contributed by atoms with Crippen molar-refractivity contribution >= 4 is 53.6 Å². The van der Waals surface area contributed by atoms with Gasteiger partial charge in [-0.3, -0.25) is 0 Å². The van der Waals surface area contributed by atoms with Gasteiger partial charge in [-0.1, -0.05) is 133 Å². The number of hydrogen-bond donors (Lipinski definition) is 0. The number of fused-ring (bicyclic) bond motifs is 2. The van der Waals surface area contributed by atoms with Crippen molar-refractivity contribution in [3.63, 3.8) is 0 Å². The van der Waals surface area contributed by atoms with E-state index in [1.165, 1.54) is 43.4 Å². The van der Waals surface area contributed by atoms with Gasteiger partial charge in [0.2, 0.25) is 0 Å². The highest BCUT2D eigenvalue weighted by Gasteiger charge is 2.41. The van der Waals surface area contributed by atoms with Gasteiger partial charge in [-0.15, -0.1) is 0 Å². The van der Waals surface area contributed by atoms with Crippen molar-refractivity contribution in [3.05, 3.63) is 157 Å². The highest BCUT2D eigenvalue weighted by atomic mass is 31.1. The van der Waals surface area contributed by atoms with Crippen LogP contribution in [0.1, 0.15) is 12.0 Å². The minimum Gasteiger partial charge on any atom is -0.489 e. The molecular weight excluding hydrogens is 626 g/mol. The SMILES string of the molecule is CN1CCOC2=C(c3c(P(c4ccccc4)c4ccccc4)ccc4c3OCCN4C)[C@H](P(c3ccccc3)c3ccccc3)CC=C21. The predicted octanol–water partition coefficient (Wildman–Crippen LogP) is 6.74. The summed E-state index contributed by atoms with van der Waals surface area (Å²) >= 11 is 0. The number of benzene rings is 5. The zero-order valence-corrected chi connectivity index (χ0v) is 29.3. The number of ether oxygens (including phenoxy) is 2. The molecule has 3 aliphatic rings. The van der Waals surface area contributed by atoms with E-state index in [-0.39, 0.29) is 5.66 Å². The Morgan fingerprint density at radius 1 is 0.583 bits per heavy atom. The van der Waals surface area contributed by atoms with Crippen molar-refractivity contribution in [2.45, 2.75) is 12.1 Å². The topological polar surface area (TPSA) is 24.9 Å². The standard InChI is InChI=1S/C42H40N2O2P2/c1-43-27-29-45-41-35(43)23-25-37(47(31-15-7-3-8-16-31)32-17-9-4-10-18-32)39(41)40-38(26-24-36-42(40)46-30-28-44(36)2)48(33-19-11-5-12-20-33)34-21-13-6-14-22-34/h3-25,38H,26-30H2,1-2H3/t38-/m1/s1. The number of rotatable bonds is 7. The zero-order valence-electron chi connectivity index (χ0n) is 27.5. The van der Waals surface area contributed by atoms with Crippen LogP contribution in [0.3, 0.4) is 0 Å². The Morgan fingerprint density at radius 2 is 1.10 bits per heavy atom. The Hall–Kier alpha value is -4.36. The van der Waals surface area contributed by atoms with Crippen LogP contribution in [0, 0.1) is 0 Å². The van der Waals surface area contributed by atoms with E-state index < -0.39 is 15.8 Å². The Labute approximate surface area is 286 Å². The van der Waals surface area contributed by atoms with Crippen LogP contribution in [0.25, 0.3) is 5.57 Å². The third-order valence-corrected chi connectivity index (χ3v) is 14.8. The van der Waals surface area contributed by atoms with Crippen LogP contribution in [0.4, 0.5) is 5.69 Å². The molecule has 2 heterocycles. The lowest BCUT2D eigenvalue weighted by molar-refractivity contribution is 0.141. The van der Waals surface area contributed by atoms with Crippen molar-refractivity contribution in [3.8, 4) is 5.75 Å². The summed E-state index contributed by atoms with van der Waals surface area (Å²) in [4.78, 5) is 4.73. The van der Waals surface area contributed by atoms with Gasteiger partial charge >= 0.3 is 0 Å². The summed E-state index contributed by atoms with van der Waals surface area (Å²) < 4.78 is 13.7. The molecule has 48 heavy (non-hydrogen) atoms. The van der Waals surface area contributed by atoms with E-state index in [1.54, 1.807) is 0 Å². The lowest BCUT2D eigenvalue weighted by Crippen LogP contribution is -2.37. The first-order chi connectivity index (χ1) is 23.7. The molecule has 0 spiro atoms. The van der Waals surface area contributed by atoms with Gasteiger partial charge in [0.05, 0.1) is 24.5 Å². The van der Waals surface area contributed by atoms with Crippen LogP contribution in [0.2, 0.25) is 0 Å². The maximum atomic E-state index is 6.85. The molecule has 0 unspecified atom stereocenters. The fourth-order valence-electron chi connectivity index (χ4n) is 7.25. The monoisotopic (exact) mass is 666 g/mol. The van der Waals surface area contributed by atoms with Crippen molar-refractivity contribution in [1.82, 2.24) is 4.90 Å². The second-order valence-corrected chi connectivity index (χ2v) is 17.1. The Bertz CT molecular complexity index is 1870. The molecule has 0 amide bonds. The second kappa shape index (κ2) is 13.6. The molecule has 0 aromatic heterocycles. The van der Waals surface area contributed by atoms with Crippen molar-refractivity contribution in [2.75, 3.05) is 45.3 Å². The molecule has 0 saturated carbocycles. The number of hydrogen-bond acceptors (Lipinski definition) is 4. The number of morpholine rings is 1. The van der Waals surface area contributed by atoms with Gasteiger partial charge in [0, 0.05) is 30.9 Å².